The molecule has 0 unspecified atom stereocenters. The number of hydrogen-bond acceptors (Lipinski definition) is 14. The Balaban J connectivity index is 3.40. The van der Waals surface area contributed by atoms with Crippen molar-refractivity contribution in [3.63, 3.8) is 0 Å². The van der Waals surface area contributed by atoms with Crippen LogP contribution in [0.4, 0.5) is 0 Å². The molecular weight excluding hydrogens is 1020 g/mol. The first-order valence-corrected chi connectivity index (χ1v) is 28.1. The highest BCUT2D eigenvalue weighted by Gasteiger charge is 2.38. The molecular formula is C52H88N10O12S2. The molecule has 0 aliphatic rings. The summed E-state index contributed by atoms with van der Waals surface area (Å²) < 4.78 is 0. The van der Waals surface area contributed by atoms with Gasteiger partial charge in [-0.3, -0.25) is 43.2 Å². The molecule has 13 N–H and O–H groups in total. The van der Waals surface area contributed by atoms with Crippen molar-refractivity contribution in [2.24, 2.45) is 35.3 Å². The molecule has 0 saturated carbocycles. The number of benzene rings is 1. The minimum absolute atomic E-state index is 0.0277. The summed E-state index contributed by atoms with van der Waals surface area (Å²) in [5.41, 5.74) is 6.45. The number of nitrogens with one attached hydrogen (secondary N) is 9. The summed E-state index contributed by atoms with van der Waals surface area (Å²) in [6.45, 7) is 20.2. The van der Waals surface area contributed by atoms with E-state index in [9.17, 15) is 58.2 Å². The van der Waals surface area contributed by atoms with Crippen molar-refractivity contribution in [2.75, 3.05) is 17.8 Å². The second kappa shape index (κ2) is 34.3. The number of rotatable bonds is 34. The number of aliphatic hydroxyl groups excluding tert-OH is 1. The molecule has 0 radical (unpaired) electrons. The summed E-state index contributed by atoms with van der Waals surface area (Å²) in [6, 6.07) is -3.46. The smallest absolute Gasteiger partial charge is 0.326 e. The van der Waals surface area contributed by atoms with Gasteiger partial charge in [0, 0.05) is 12.2 Å². The Labute approximate surface area is 458 Å². The number of thiol groups is 1. The van der Waals surface area contributed by atoms with Gasteiger partial charge in [-0.15, -0.1) is 0 Å². The van der Waals surface area contributed by atoms with E-state index in [1.165, 1.54) is 25.6 Å². The SMILES string of the molecule is CC[C@H](C)[C@H](NC(=O)[C@H](CC(C)C)NC(=O)[C@H](Cc1ccccc1)NC(=O)[C@@H](NC(=O)[C@H](C)N)C(C)C)C(=O)N[C@@H](CS)C(=O)N[C@H](C(=O)N[C@@H](CCSC)C(=O)N[C@H](C(=O)N[C@@H](CC(C)C)C(=O)O)[C@@H](C)O)C(C)C. The van der Waals surface area contributed by atoms with Gasteiger partial charge in [-0.25, -0.2) is 4.79 Å². The second-order valence-electron chi connectivity index (χ2n) is 20.9. The van der Waals surface area contributed by atoms with Gasteiger partial charge in [0.2, 0.25) is 53.2 Å². The third-order valence-electron chi connectivity index (χ3n) is 12.4. The number of aliphatic carboxylic acids is 1. The number of hydrogen-bond donors (Lipinski definition) is 13. The maximum Gasteiger partial charge on any atom is 0.326 e. The number of amides is 9. The molecule has 0 fully saturated rings. The van der Waals surface area contributed by atoms with Gasteiger partial charge in [0.15, 0.2) is 0 Å². The fraction of sp³-hybridized carbons (Fsp3) is 0.692. The first-order chi connectivity index (χ1) is 35.5. The molecule has 0 saturated heterocycles. The lowest BCUT2D eigenvalue weighted by molar-refractivity contribution is -0.143. The van der Waals surface area contributed by atoms with Crippen LogP contribution in [0.5, 0.6) is 0 Å². The summed E-state index contributed by atoms with van der Waals surface area (Å²) in [5.74, 6) is -9.65. The first-order valence-electron chi connectivity index (χ1n) is 26.0. The standard InChI is InChI=1S/C52H88N10O12S2/c1-14-30(10)41(61-46(67)35(22-26(2)3)55-45(66)36(24-33-18-16-15-17-19-33)56-49(70)39(28(6)7)59-43(64)31(11)53)50(71)58-38(25-75)47(68)60-40(29(8)9)48(69)54-34(20-21-76-13)44(65)62-42(32(12)63)51(72)57-37(52(73)74)23-27(4)5/h15-19,26-32,34-42,63,75H,14,20-25,53H2,1-13H3,(H,54,69)(H,55,66)(H,56,70)(H,57,72)(H,58,71)(H,59,64)(H,60,68)(H,61,67)(H,62,65)(H,73,74)/t30-,31-,32+,34-,35-,36-,37-,38-,39-,40-,41-,42-/m0/s1. The summed E-state index contributed by atoms with van der Waals surface area (Å²) in [4.78, 5) is 136. The molecule has 0 bridgehead atoms. The lowest BCUT2D eigenvalue weighted by Gasteiger charge is -2.30. The minimum atomic E-state index is -1.58. The molecule has 1 aromatic rings. The normalized spacial score (nSPS) is 16.2. The molecule has 22 nitrogen and oxygen atoms in total. The summed E-state index contributed by atoms with van der Waals surface area (Å²) in [5, 5.41) is 43.9. The van der Waals surface area contributed by atoms with Gasteiger partial charge in [-0.1, -0.05) is 106 Å². The van der Waals surface area contributed by atoms with Crippen molar-refractivity contribution in [3.8, 4) is 0 Å². The van der Waals surface area contributed by atoms with Crippen LogP contribution in [0, 0.1) is 29.6 Å². The Morgan fingerprint density at radius 1 is 0.526 bits per heavy atom. The van der Waals surface area contributed by atoms with Crippen LogP contribution < -0.4 is 53.6 Å². The van der Waals surface area contributed by atoms with Crippen molar-refractivity contribution in [2.45, 2.75) is 182 Å². The quantitative estimate of drug-likeness (QED) is 0.0419. The molecule has 0 aromatic heterocycles. The topological polar surface area (TPSA) is 345 Å². The fourth-order valence-corrected chi connectivity index (χ4v) is 8.42. The average Bonchev–Trinajstić information content (AvgIpc) is 3.34. The molecule has 0 aliphatic carbocycles. The van der Waals surface area contributed by atoms with Crippen LogP contribution in [0.1, 0.15) is 114 Å². The zero-order chi connectivity index (χ0) is 58.1. The third kappa shape index (κ3) is 23.8. The zero-order valence-electron chi connectivity index (χ0n) is 46.5. The maximum absolute atomic E-state index is 14.3. The molecule has 24 heteroatoms. The third-order valence-corrected chi connectivity index (χ3v) is 13.4. The van der Waals surface area contributed by atoms with E-state index in [-0.39, 0.29) is 49.2 Å². The Hall–Kier alpha value is -5.46. The molecule has 0 spiro atoms. The van der Waals surface area contributed by atoms with Gasteiger partial charge >= 0.3 is 5.97 Å². The summed E-state index contributed by atoms with van der Waals surface area (Å²) in [6.07, 6.45) is 1.01. The monoisotopic (exact) mass is 1110 g/mol. The predicted octanol–water partition coefficient (Wildman–Crippen LogP) is 0.538. The molecule has 1 aromatic carbocycles. The van der Waals surface area contributed by atoms with Crippen molar-refractivity contribution >= 4 is 83.5 Å². The molecule has 0 heterocycles. The van der Waals surface area contributed by atoms with E-state index < -0.39 is 137 Å². The molecule has 9 amide bonds. The summed E-state index contributed by atoms with van der Waals surface area (Å²) in [7, 11) is 0. The Morgan fingerprint density at radius 3 is 1.38 bits per heavy atom. The van der Waals surface area contributed by atoms with Crippen molar-refractivity contribution < 1.29 is 58.2 Å². The van der Waals surface area contributed by atoms with Crippen LogP contribution in [0.25, 0.3) is 0 Å². The highest BCUT2D eigenvalue weighted by atomic mass is 32.2. The van der Waals surface area contributed by atoms with E-state index >= 15 is 0 Å². The van der Waals surface area contributed by atoms with Crippen molar-refractivity contribution in [3.05, 3.63) is 35.9 Å². The van der Waals surface area contributed by atoms with E-state index in [4.69, 9.17) is 5.73 Å². The van der Waals surface area contributed by atoms with Gasteiger partial charge in [0.25, 0.3) is 0 Å². The van der Waals surface area contributed by atoms with E-state index in [2.05, 4.69) is 60.5 Å². The maximum atomic E-state index is 14.3. The predicted molar refractivity (Wildman–Crippen MR) is 295 cm³/mol. The van der Waals surface area contributed by atoms with Gasteiger partial charge < -0.3 is 63.8 Å². The fourth-order valence-electron chi connectivity index (χ4n) is 7.70. The Kier molecular flexibility index (Phi) is 31.0. The highest BCUT2D eigenvalue weighted by Crippen LogP contribution is 2.15. The first kappa shape index (κ1) is 68.6. The van der Waals surface area contributed by atoms with E-state index in [0.29, 0.717) is 17.7 Å². The molecule has 1 rings (SSSR count). The number of thioether (sulfide) groups is 1. The van der Waals surface area contributed by atoms with Crippen molar-refractivity contribution in [1.29, 1.82) is 0 Å². The Morgan fingerprint density at radius 2 is 0.921 bits per heavy atom. The van der Waals surface area contributed by atoms with Gasteiger partial charge in [0.1, 0.15) is 54.4 Å². The van der Waals surface area contributed by atoms with Gasteiger partial charge in [-0.2, -0.15) is 24.4 Å². The molecule has 12 atom stereocenters. The van der Waals surface area contributed by atoms with Gasteiger partial charge in [0.05, 0.1) is 12.1 Å². The number of carboxylic acid groups (broad SMARTS) is 1. The number of carbonyl (C=O) groups excluding carboxylic acids is 9. The second-order valence-corrected chi connectivity index (χ2v) is 22.3. The van der Waals surface area contributed by atoms with Crippen LogP contribution >= 0.6 is 24.4 Å². The number of carboxylic acids is 1. The number of nitrogens with two attached hydrogens (primary N) is 1. The number of carbonyl (C=O) groups is 10. The van der Waals surface area contributed by atoms with Crippen LogP contribution in [-0.2, 0) is 54.4 Å². The van der Waals surface area contributed by atoms with Gasteiger partial charge in [-0.05, 0) is 80.3 Å². The lowest BCUT2D eigenvalue weighted by atomic mass is 9.96. The van der Waals surface area contributed by atoms with E-state index in [0.717, 1.165) is 0 Å². The Bertz CT molecular complexity index is 2080. The molecule has 0 aliphatic heterocycles. The average molecular weight is 1110 g/mol. The number of aliphatic hydroxyl groups is 1. The highest BCUT2D eigenvalue weighted by molar-refractivity contribution is 7.98. The minimum Gasteiger partial charge on any atom is -0.480 e. The van der Waals surface area contributed by atoms with Crippen LogP contribution in [0.3, 0.4) is 0 Å². The van der Waals surface area contributed by atoms with Crippen LogP contribution in [0.15, 0.2) is 30.3 Å². The van der Waals surface area contributed by atoms with Crippen LogP contribution in [-0.4, -0.2) is 154 Å². The molecule has 76 heavy (non-hydrogen) atoms. The van der Waals surface area contributed by atoms with E-state index in [1.807, 2.05) is 13.8 Å². The van der Waals surface area contributed by atoms with Crippen molar-refractivity contribution in [1.82, 2.24) is 47.9 Å². The largest absolute Gasteiger partial charge is 0.480 e. The zero-order valence-corrected chi connectivity index (χ0v) is 48.2. The lowest BCUT2D eigenvalue weighted by Crippen LogP contribution is -2.62. The van der Waals surface area contributed by atoms with E-state index in [1.54, 1.807) is 92.0 Å². The van der Waals surface area contributed by atoms with Crippen LogP contribution in [0.2, 0.25) is 0 Å². The molecule has 430 valence electrons. The summed E-state index contributed by atoms with van der Waals surface area (Å²) >= 11 is 5.70.